The van der Waals surface area contributed by atoms with E-state index < -0.39 is 7.82 Å². The molecule has 5 heteroatoms. The first kappa shape index (κ1) is 13.2. The first-order valence-electron chi connectivity index (χ1n) is 2.92. The molecule has 0 aliphatic heterocycles. The minimum Gasteiger partial charge on any atom is -0.303 e. The highest BCUT2D eigenvalue weighted by atomic mass is 31.2. The molecule has 0 bridgehead atoms. The van der Waals surface area contributed by atoms with Gasteiger partial charge in [0.05, 0.1) is 0 Å². The third-order valence-corrected chi connectivity index (χ3v) is 0.538. The van der Waals surface area contributed by atoms with E-state index in [-0.39, 0.29) is 0 Å². The lowest BCUT2D eigenvalue weighted by Crippen LogP contribution is -1.66. The third kappa shape index (κ3) is 82.4. The summed E-state index contributed by atoms with van der Waals surface area (Å²) in [7, 11) is -4.64. The van der Waals surface area contributed by atoms with Crippen LogP contribution < -0.4 is 0 Å². The van der Waals surface area contributed by atoms with Crippen LogP contribution in [-0.4, -0.2) is 14.7 Å². The van der Waals surface area contributed by atoms with Crippen molar-refractivity contribution in [1.29, 1.82) is 0 Å². The van der Waals surface area contributed by atoms with Gasteiger partial charge in [-0.05, 0) is 13.3 Å². The van der Waals surface area contributed by atoms with Crippen LogP contribution >= 0.6 is 7.82 Å². The molecule has 0 fully saturated rings. The maximum Gasteiger partial charge on any atom is 0.466 e. The zero-order valence-corrected chi connectivity index (χ0v) is 7.24. The summed E-state index contributed by atoms with van der Waals surface area (Å²) in [5.74, 6) is 0. The monoisotopic (exact) mass is 180 g/mol. The molecule has 0 aliphatic carbocycles. The second kappa shape index (κ2) is 7.69. The maximum atomic E-state index is 8.88. The molecule has 0 rings (SSSR count). The normalized spacial score (nSPS) is 10.5. The minimum atomic E-state index is -4.64. The Labute approximate surface area is 66.1 Å². The van der Waals surface area contributed by atoms with E-state index in [9.17, 15) is 0 Å². The van der Waals surface area contributed by atoms with Gasteiger partial charge in [0.1, 0.15) is 0 Å². The Morgan fingerprint density at radius 2 is 1.82 bits per heavy atom. The summed E-state index contributed by atoms with van der Waals surface area (Å²) in [5, 5.41) is 0. The molecule has 11 heavy (non-hydrogen) atoms. The predicted molar refractivity (Wildman–Crippen MR) is 43.9 cm³/mol. The van der Waals surface area contributed by atoms with E-state index >= 15 is 0 Å². The molecular formula is C6H13O4P. The van der Waals surface area contributed by atoms with Gasteiger partial charge in [0.25, 0.3) is 0 Å². The highest BCUT2D eigenvalue weighted by molar-refractivity contribution is 7.45. The molecule has 3 N–H and O–H groups in total. The van der Waals surface area contributed by atoms with E-state index in [1.54, 1.807) is 0 Å². The Hall–Kier alpha value is -0.410. The molecule has 0 aliphatic rings. The molecular weight excluding hydrogens is 167 g/mol. The molecule has 0 radical (unpaired) electrons. The smallest absolute Gasteiger partial charge is 0.303 e. The van der Waals surface area contributed by atoms with E-state index in [4.69, 9.17) is 19.2 Å². The first-order valence-corrected chi connectivity index (χ1v) is 4.48. The van der Waals surface area contributed by atoms with E-state index in [0.29, 0.717) is 0 Å². The molecule has 0 aromatic heterocycles. The van der Waals surface area contributed by atoms with Crippen LogP contribution in [0.3, 0.4) is 0 Å². The van der Waals surface area contributed by atoms with Gasteiger partial charge in [-0.1, -0.05) is 18.2 Å². The van der Waals surface area contributed by atoms with Gasteiger partial charge < -0.3 is 14.7 Å². The number of hydrogen-bond acceptors (Lipinski definition) is 1. The summed E-state index contributed by atoms with van der Waals surface area (Å²) in [5.41, 5.74) is 0. The van der Waals surface area contributed by atoms with Crippen LogP contribution in [0.2, 0.25) is 0 Å². The molecule has 0 amide bonds. The number of allylic oxidation sites excluding steroid dienone is 3. The fourth-order valence-electron chi connectivity index (χ4n) is 0.232. The van der Waals surface area contributed by atoms with Crippen molar-refractivity contribution in [2.75, 3.05) is 0 Å². The van der Waals surface area contributed by atoms with Crippen molar-refractivity contribution < 1.29 is 19.2 Å². The zero-order chi connectivity index (χ0) is 9.33. The van der Waals surface area contributed by atoms with Gasteiger partial charge in [-0.15, -0.1) is 6.58 Å². The Morgan fingerprint density at radius 1 is 1.45 bits per heavy atom. The second-order valence-corrected chi connectivity index (χ2v) is 2.63. The summed E-state index contributed by atoms with van der Waals surface area (Å²) in [6.45, 7) is 5.55. The molecule has 0 heterocycles. The van der Waals surface area contributed by atoms with E-state index in [2.05, 4.69) is 12.7 Å². The molecule has 0 aromatic carbocycles. The summed E-state index contributed by atoms with van der Waals surface area (Å²) in [4.78, 5) is 21.6. The lowest BCUT2D eigenvalue weighted by atomic mass is 10.4. The standard InChI is InChI=1S/C6H10.H3O4P/c1-3-5-6-4-2;1-5(2,3)4/h3-4,6H,1,5H2,2H3;(H3,1,2,3,4). The van der Waals surface area contributed by atoms with Crippen molar-refractivity contribution in [3.8, 4) is 0 Å². The Balaban J connectivity index is 0. The summed E-state index contributed by atoms with van der Waals surface area (Å²) in [6, 6.07) is 0. The highest BCUT2D eigenvalue weighted by Gasteiger charge is 2.00. The number of phosphoric acid groups is 1. The molecule has 0 saturated carbocycles. The van der Waals surface area contributed by atoms with Crippen molar-refractivity contribution in [2.45, 2.75) is 13.3 Å². The van der Waals surface area contributed by atoms with Gasteiger partial charge in [-0.25, -0.2) is 4.57 Å². The highest BCUT2D eigenvalue weighted by Crippen LogP contribution is 2.25. The zero-order valence-electron chi connectivity index (χ0n) is 6.34. The molecule has 0 saturated heterocycles. The Morgan fingerprint density at radius 3 is 1.91 bits per heavy atom. The fraction of sp³-hybridized carbons (Fsp3) is 0.333. The lowest BCUT2D eigenvalue weighted by Gasteiger charge is -1.82. The Kier molecular flexibility index (Phi) is 9.23. The van der Waals surface area contributed by atoms with Crippen LogP contribution in [-0.2, 0) is 4.57 Å². The van der Waals surface area contributed by atoms with Crippen LogP contribution in [0.5, 0.6) is 0 Å². The van der Waals surface area contributed by atoms with E-state index in [1.165, 1.54) is 0 Å². The predicted octanol–water partition coefficient (Wildman–Crippen LogP) is 1.21. The van der Waals surface area contributed by atoms with Crippen LogP contribution in [0, 0.1) is 0 Å². The van der Waals surface area contributed by atoms with Gasteiger partial charge in [0, 0.05) is 0 Å². The summed E-state index contributed by atoms with van der Waals surface area (Å²) in [6.07, 6.45) is 6.95. The van der Waals surface area contributed by atoms with Crippen molar-refractivity contribution in [3.05, 3.63) is 24.8 Å². The van der Waals surface area contributed by atoms with Crippen LogP contribution in [0.1, 0.15) is 13.3 Å². The summed E-state index contributed by atoms with van der Waals surface area (Å²) < 4.78 is 8.88. The molecule has 0 aromatic rings. The quantitative estimate of drug-likeness (QED) is 0.441. The lowest BCUT2D eigenvalue weighted by molar-refractivity contribution is 0.275. The number of hydrogen-bond donors (Lipinski definition) is 3. The minimum absolute atomic E-state index is 0.997. The number of rotatable bonds is 2. The Bertz CT molecular complexity index is 150. The molecule has 4 nitrogen and oxygen atoms in total. The summed E-state index contributed by atoms with van der Waals surface area (Å²) >= 11 is 0. The molecule has 0 unspecified atom stereocenters. The molecule has 0 atom stereocenters. The maximum absolute atomic E-state index is 8.88. The largest absolute Gasteiger partial charge is 0.466 e. The van der Waals surface area contributed by atoms with E-state index in [0.717, 1.165) is 6.42 Å². The van der Waals surface area contributed by atoms with Gasteiger partial charge in [-0.2, -0.15) is 0 Å². The first-order chi connectivity index (χ1) is 4.91. The average molecular weight is 180 g/mol. The van der Waals surface area contributed by atoms with Gasteiger partial charge in [0.15, 0.2) is 0 Å². The SMILES string of the molecule is C=CCC=CC.O=P(O)(O)O. The fourth-order valence-corrected chi connectivity index (χ4v) is 0.232. The van der Waals surface area contributed by atoms with Crippen LogP contribution in [0.4, 0.5) is 0 Å². The van der Waals surface area contributed by atoms with Crippen LogP contribution in [0.15, 0.2) is 24.8 Å². The van der Waals surface area contributed by atoms with Crippen molar-refractivity contribution in [3.63, 3.8) is 0 Å². The van der Waals surface area contributed by atoms with E-state index in [1.807, 2.05) is 19.1 Å². The molecule has 66 valence electrons. The third-order valence-electron chi connectivity index (χ3n) is 0.538. The van der Waals surface area contributed by atoms with Crippen molar-refractivity contribution >= 4 is 7.82 Å². The second-order valence-electron chi connectivity index (χ2n) is 1.61. The topological polar surface area (TPSA) is 77.8 Å². The average Bonchev–Trinajstić information content (AvgIpc) is 1.79. The van der Waals surface area contributed by atoms with Gasteiger partial charge in [0.2, 0.25) is 0 Å². The van der Waals surface area contributed by atoms with Crippen molar-refractivity contribution in [1.82, 2.24) is 0 Å². The van der Waals surface area contributed by atoms with Crippen LogP contribution in [0.25, 0.3) is 0 Å². The van der Waals surface area contributed by atoms with Crippen molar-refractivity contribution in [2.24, 2.45) is 0 Å². The molecule has 0 spiro atoms. The van der Waals surface area contributed by atoms with Gasteiger partial charge in [-0.3, -0.25) is 0 Å². The van der Waals surface area contributed by atoms with Gasteiger partial charge >= 0.3 is 7.82 Å².